The standard InChI is InChI=1S/C16H14Cl2N2O2/c1-3-13(21)14-8(2)22-16(20)10(7-19)15(14)9-4-5-11(17)12(18)6-9/h4-6,15H,3,20H2,1-2H3/t15-/m0/s1. The van der Waals surface area contributed by atoms with Crippen molar-refractivity contribution in [3.63, 3.8) is 0 Å². The van der Waals surface area contributed by atoms with Crippen LogP contribution in [0.25, 0.3) is 0 Å². The van der Waals surface area contributed by atoms with E-state index in [2.05, 4.69) is 0 Å². The Kier molecular flexibility index (Phi) is 4.80. The molecule has 4 nitrogen and oxygen atoms in total. The molecular weight excluding hydrogens is 323 g/mol. The third-order valence-corrected chi connectivity index (χ3v) is 4.24. The fourth-order valence-electron chi connectivity index (χ4n) is 2.46. The monoisotopic (exact) mass is 336 g/mol. The fourth-order valence-corrected chi connectivity index (χ4v) is 2.76. The highest BCUT2D eigenvalue weighted by Gasteiger charge is 2.34. The summed E-state index contributed by atoms with van der Waals surface area (Å²) < 4.78 is 5.37. The Morgan fingerprint density at radius 1 is 1.41 bits per heavy atom. The van der Waals surface area contributed by atoms with E-state index in [9.17, 15) is 10.1 Å². The molecule has 0 radical (unpaired) electrons. The summed E-state index contributed by atoms with van der Waals surface area (Å²) in [6, 6.07) is 7.03. The van der Waals surface area contributed by atoms with E-state index in [0.29, 0.717) is 33.4 Å². The van der Waals surface area contributed by atoms with Crippen LogP contribution in [0, 0.1) is 11.3 Å². The van der Waals surface area contributed by atoms with Crippen LogP contribution in [0.15, 0.2) is 41.0 Å². The second-order valence-corrected chi connectivity index (χ2v) is 5.66. The van der Waals surface area contributed by atoms with Gasteiger partial charge in [-0.1, -0.05) is 36.2 Å². The normalized spacial score (nSPS) is 18.0. The molecule has 0 unspecified atom stereocenters. The van der Waals surface area contributed by atoms with Gasteiger partial charge < -0.3 is 10.5 Å². The van der Waals surface area contributed by atoms with Gasteiger partial charge in [0.25, 0.3) is 0 Å². The molecule has 0 bridgehead atoms. The third kappa shape index (κ3) is 2.83. The lowest BCUT2D eigenvalue weighted by molar-refractivity contribution is -0.115. The van der Waals surface area contributed by atoms with Crippen molar-refractivity contribution in [2.24, 2.45) is 5.73 Å². The van der Waals surface area contributed by atoms with Gasteiger partial charge in [0.15, 0.2) is 5.78 Å². The summed E-state index contributed by atoms with van der Waals surface area (Å²) in [6.45, 7) is 3.41. The third-order valence-electron chi connectivity index (χ3n) is 3.50. The van der Waals surface area contributed by atoms with Crippen LogP contribution in [0.3, 0.4) is 0 Å². The fraction of sp³-hybridized carbons (Fsp3) is 0.250. The molecule has 0 saturated heterocycles. The average Bonchev–Trinajstić information content (AvgIpc) is 2.48. The van der Waals surface area contributed by atoms with Gasteiger partial charge in [0.2, 0.25) is 5.88 Å². The summed E-state index contributed by atoms with van der Waals surface area (Å²) in [7, 11) is 0. The molecule has 1 aromatic rings. The van der Waals surface area contributed by atoms with Crippen LogP contribution in [0.4, 0.5) is 0 Å². The lowest BCUT2D eigenvalue weighted by Crippen LogP contribution is -2.24. The molecule has 0 aliphatic carbocycles. The van der Waals surface area contributed by atoms with Crippen LogP contribution >= 0.6 is 23.2 Å². The van der Waals surface area contributed by atoms with Gasteiger partial charge in [-0.05, 0) is 24.6 Å². The Labute approximate surface area is 138 Å². The van der Waals surface area contributed by atoms with Crippen LogP contribution in [-0.2, 0) is 9.53 Å². The molecule has 1 aliphatic heterocycles. The van der Waals surface area contributed by atoms with Crippen LogP contribution < -0.4 is 5.73 Å². The molecule has 0 aromatic heterocycles. The highest BCUT2D eigenvalue weighted by Crippen LogP contribution is 2.41. The topological polar surface area (TPSA) is 76.1 Å². The Balaban J connectivity index is 2.68. The molecule has 0 fully saturated rings. The van der Waals surface area contributed by atoms with Crippen LogP contribution in [-0.4, -0.2) is 5.78 Å². The van der Waals surface area contributed by atoms with E-state index in [1.807, 2.05) is 6.07 Å². The molecule has 0 saturated carbocycles. The second-order valence-electron chi connectivity index (χ2n) is 4.84. The van der Waals surface area contributed by atoms with E-state index < -0.39 is 5.92 Å². The largest absolute Gasteiger partial charge is 0.445 e. The van der Waals surface area contributed by atoms with E-state index in [-0.39, 0.29) is 17.2 Å². The van der Waals surface area contributed by atoms with Gasteiger partial charge in [0.1, 0.15) is 17.4 Å². The molecule has 1 heterocycles. The number of hydrogen-bond acceptors (Lipinski definition) is 4. The van der Waals surface area contributed by atoms with Gasteiger partial charge in [0, 0.05) is 12.0 Å². The highest BCUT2D eigenvalue weighted by molar-refractivity contribution is 6.42. The van der Waals surface area contributed by atoms with Crippen molar-refractivity contribution in [1.82, 2.24) is 0 Å². The zero-order valence-corrected chi connectivity index (χ0v) is 13.6. The minimum Gasteiger partial charge on any atom is -0.445 e. The van der Waals surface area contributed by atoms with Crippen molar-refractivity contribution < 1.29 is 9.53 Å². The zero-order chi connectivity index (χ0) is 16.4. The summed E-state index contributed by atoms with van der Waals surface area (Å²) in [5, 5.41) is 10.2. The second kappa shape index (κ2) is 6.43. The van der Waals surface area contributed by atoms with Crippen molar-refractivity contribution in [3.8, 4) is 6.07 Å². The summed E-state index contributed by atoms with van der Waals surface area (Å²) in [4.78, 5) is 12.3. The van der Waals surface area contributed by atoms with Crippen LogP contribution in [0.1, 0.15) is 31.7 Å². The van der Waals surface area contributed by atoms with Crippen molar-refractivity contribution in [2.75, 3.05) is 0 Å². The molecule has 0 spiro atoms. The lowest BCUT2D eigenvalue weighted by Gasteiger charge is -2.27. The number of carbonyl (C=O) groups is 1. The number of allylic oxidation sites excluding steroid dienone is 3. The van der Waals surface area contributed by atoms with Gasteiger partial charge in [-0.25, -0.2) is 0 Å². The number of nitrogens with two attached hydrogens (primary N) is 1. The molecular formula is C16H14Cl2N2O2. The van der Waals surface area contributed by atoms with E-state index in [1.54, 1.807) is 32.0 Å². The highest BCUT2D eigenvalue weighted by atomic mass is 35.5. The molecule has 2 N–H and O–H groups in total. The van der Waals surface area contributed by atoms with Gasteiger partial charge in [-0.2, -0.15) is 5.26 Å². The maximum Gasteiger partial charge on any atom is 0.205 e. The Hall–Kier alpha value is -1.96. The minimum absolute atomic E-state index is 0.00345. The van der Waals surface area contributed by atoms with E-state index >= 15 is 0 Å². The number of hydrogen-bond donors (Lipinski definition) is 1. The van der Waals surface area contributed by atoms with E-state index in [4.69, 9.17) is 33.7 Å². The summed E-state index contributed by atoms with van der Waals surface area (Å²) >= 11 is 12.0. The molecule has 22 heavy (non-hydrogen) atoms. The number of rotatable bonds is 3. The first kappa shape index (κ1) is 16.4. The minimum atomic E-state index is -0.596. The molecule has 0 amide bonds. The first-order valence-electron chi connectivity index (χ1n) is 6.67. The maximum atomic E-state index is 12.3. The van der Waals surface area contributed by atoms with Crippen molar-refractivity contribution in [1.29, 1.82) is 5.26 Å². The molecule has 114 valence electrons. The SMILES string of the molecule is CCC(=O)C1=C(C)OC(N)=C(C#N)[C@@H]1c1ccc(Cl)c(Cl)c1. The Morgan fingerprint density at radius 2 is 2.09 bits per heavy atom. The van der Waals surface area contributed by atoms with Crippen LogP contribution in [0.5, 0.6) is 0 Å². The number of nitriles is 1. The first-order chi connectivity index (χ1) is 10.4. The summed E-state index contributed by atoms with van der Waals surface area (Å²) in [5.74, 6) is -0.294. The predicted molar refractivity (Wildman–Crippen MR) is 85.1 cm³/mol. The molecule has 1 aliphatic rings. The smallest absolute Gasteiger partial charge is 0.205 e. The van der Waals surface area contributed by atoms with Crippen molar-refractivity contribution in [2.45, 2.75) is 26.2 Å². The predicted octanol–water partition coefficient (Wildman–Crippen LogP) is 4.05. The first-order valence-corrected chi connectivity index (χ1v) is 7.42. The molecule has 1 atom stereocenters. The van der Waals surface area contributed by atoms with Gasteiger partial charge in [-0.3, -0.25) is 4.79 Å². The van der Waals surface area contributed by atoms with E-state index in [0.717, 1.165) is 0 Å². The Morgan fingerprint density at radius 3 is 2.64 bits per heavy atom. The molecule has 6 heteroatoms. The zero-order valence-electron chi connectivity index (χ0n) is 12.1. The van der Waals surface area contributed by atoms with Crippen LogP contribution in [0.2, 0.25) is 10.0 Å². The van der Waals surface area contributed by atoms with E-state index in [1.165, 1.54) is 0 Å². The number of carbonyl (C=O) groups excluding carboxylic acids is 1. The van der Waals surface area contributed by atoms with Gasteiger partial charge >= 0.3 is 0 Å². The van der Waals surface area contributed by atoms with Crippen molar-refractivity contribution >= 4 is 29.0 Å². The molecule has 2 rings (SSSR count). The summed E-state index contributed by atoms with van der Waals surface area (Å²) in [5.41, 5.74) is 7.10. The van der Waals surface area contributed by atoms with Gasteiger partial charge in [-0.15, -0.1) is 0 Å². The van der Waals surface area contributed by atoms with Crippen molar-refractivity contribution in [3.05, 3.63) is 56.6 Å². The maximum absolute atomic E-state index is 12.3. The number of ether oxygens (including phenoxy) is 1. The lowest BCUT2D eigenvalue weighted by atomic mass is 9.81. The number of benzene rings is 1. The number of Topliss-reactive ketones (excluding diaryl/α,β-unsaturated/α-hetero) is 1. The average molecular weight is 337 g/mol. The number of ketones is 1. The quantitative estimate of drug-likeness (QED) is 0.903. The van der Waals surface area contributed by atoms with Gasteiger partial charge in [0.05, 0.1) is 16.0 Å². The molecule has 1 aromatic carbocycles. The Bertz CT molecular complexity index is 745. The summed E-state index contributed by atoms with van der Waals surface area (Å²) in [6.07, 6.45) is 0.298. The number of halogens is 2. The number of nitrogens with zero attached hydrogens (tertiary/aromatic N) is 1.